The molecule has 68 valence electrons. The summed E-state index contributed by atoms with van der Waals surface area (Å²) >= 11 is 0. The van der Waals surface area contributed by atoms with E-state index in [2.05, 4.69) is 15.4 Å². The standard InChI is InChI=1S/C8H10N4O/c1-4-7(5(2)13-12-4)8-6(9)3-10-11-8/h3H,9H2,1-2H3,(H,10,11). The Balaban J connectivity index is 2.64. The Kier molecular flexibility index (Phi) is 1.58. The van der Waals surface area contributed by atoms with Crippen LogP contribution in [0, 0.1) is 13.8 Å². The minimum absolute atomic E-state index is 0.606. The van der Waals surface area contributed by atoms with Crippen molar-refractivity contribution < 1.29 is 4.52 Å². The summed E-state index contributed by atoms with van der Waals surface area (Å²) in [6.07, 6.45) is 1.57. The van der Waals surface area contributed by atoms with Crippen molar-refractivity contribution in [3.05, 3.63) is 17.7 Å². The monoisotopic (exact) mass is 178 g/mol. The molecule has 0 bridgehead atoms. The third-order valence-corrected chi connectivity index (χ3v) is 1.95. The van der Waals surface area contributed by atoms with E-state index in [9.17, 15) is 0 Å². The van der Waals surface area contributed by atoms with Crippen molar-refractivity contribution in [2.75, 3.05) is 5.73 Å². The maximum atomic E-state index is 5.71. The molecule has 2 aromatic rings. The van der Waals surface area contributed by atoms with Gasteiger partial charge >= 0.3 is 0 Å². The smallest absolute Gasteiger partial charge is 0.143 e. The van der Waals surface area contributed by atoms with Crippen LogP contribution in [0.5, 0.6) is 0 Å². The fourth-order valence-electron chi connectivity index (χ4n) is 1.34. The van der Waals surface area contributed by atoms with E-state index in [1.165, 1.54) is 0 Å². The van der Waals surface area contributed by atoms with Gasteiger partial charge in [-0.25, -0.2) is 0 Å². The number of nitrogen functional groups attached to an aromatic ring is 1. The van der Waals surface area contributed by atoms with Gasteiger partial charge in [-0.1, -0.05) is 5.16 Å². The number of nitrogens with one attached hydrogen (secondary N) is 1. The number of aromatic nitrogens is 3. The number of hydrogen-bond donors (Lipinski definition) is 2. The van der Waals surface area contributed by atoms with E-state index < -0.39 is 0 Å². The molecule has 0 atom stereocenters. The molecule has 2 aromatic heterocycles. The molecular formula is C8H10N4O. The number of nitrogens with zero attached hydrogens (tertiary/aromatic N) is 2. The molecule has 2 heterocycles. The maximum Gasteiger partial charge on any atom is 0.143 e. The van der Waals surface area contributed by atoms with Gasteiger partial charge in [-0.15, -0.1) is 0 Å². The van der Waals surface area contributed by atoms with Gasteiger partial charge < -0.3 is 10.3 Å². The van der Waals surface area contributed by atoms with E-state index >= 15 is 0 Å². The molecule has 0 fully saturated rings. The van der Waals surface area contributed by atoms with Crippen molar-refractivity contribution in [1.29, 1.82) is 0 Å². The highest BCUT2D eigenvalue weighted by Gasteiger charge is 2.14. The molecule has 2 rings (SSSR count). The number of aryl methyl sites for hydroxylation is 2. The van der Waals surface area contributed by atoms with Crippen LogP contribution in [0.25, 0.3) is 11.3 Å². The van der Waals surface area contributed by atoms with E-state index in [4.69, 9.17) is 10.3 Å². The van der Waals surface area contributed by atoms with Crippen LogP contribution in [-0.4, -0.2) is 15.4 Å². The molecule has 3 N–H and O–H groups in total. The number of hydrogen-bond acceptors (Lipinski definition) is 4. The SMILES string of the molecule is Cc1noc(C)c1-c1[nH]ncc1N. The molecular weight excluding hydrogens is 168 g/mol. The lowest BCUT2D eigenvalue weighted by Crippen LogP contribution is -1.88. The van der Waals surface area contributed by atoms with Crippen LogP contribution < -0.4 is 5.73 Å². The zero-order valence-electron chi connectivity index (χ0n) is 7.46. The number of nitrogens with two attached hydrogens (primary N) is 1. The Labute approximate surface area is 74.9 Å². The van der Waals surface area contributed by atoms with Crippen LogP contribution in [0.3, 0.4) is 0 Å². The van der Waals surface area contributed by atoms with Crippen LogP contribution in [0.1, 0.15) is 11.5 Å². The highest BCUT2D eigenvalue weighted by atomic mass is 16.5. The second-order valence-electron chi connectivity index (χ2n) is 2.90. The Morgan fingerprint density at radius 3 is 2.69 bits per heavy atom. The molecule has 13 heavy (non-hydrogen) atoms. The average molecular weight is 178 g/mol. The van der Waals surface area contributed by atoms with Crippen LogP contribution in [0.2, 0.25) is 0 Å². The summed E-state index contributed by atoms with van der Waals surface area (Å²) in [5, 5.41) is 10.5. The van der Waals surface area contributed by atoms with E-state index in [-0.39, 0.29) is 0 Å². The normalized spacial score (nSPS) is 10.6. The van der Waals surface area contributed by atoms with Gasteiger partial charge in [0, 0.05) is 0 Å². The van der Waals surface area contributed by atoms with Crippen LogP contribution in [-0.2, 0) is 0 Å². The first-order valence-electron chi connectivity index (χ1n) is 3.92. The number of anilines is 1. The predicted octanol–water partition coefficient (Wildman–Crippen LogP) is 1.26. The highest BCUT2D eigenvalue weighted by molar-refractivity contribution is 5.74. The fraction of sp³-hybridized carbons (Fsp3) is 0.250. The molecule has 5 nitrogen and oxygen atoms in total. The molecule has 0 aliphatic rings. The van der Waals surface area contributed by atoms with Crippen molar-refractivity contribution >= 4 is 5.69 Å². The Morgan fingerprint density at radius 2 is 2.23 bits per heavy atom. The van der Waals surface area contributed by atoms with Gasteiger partial charge in [-0.2, -0.15) is 5.10 Å². The molecule has 0 saturated carbocycles. The van der Waals surface area contributed by atoms with Gasteiger partial charge in [0.05, 0.1) is 28.8 Å². The predicted molar refractivity (Wildman–Crippen MR) is 48.0 cm³/mol. The van der Waals surface area contributed by atoms with Gasteiger partial charge in [0.1, 0.15) is 5.76 Å². The number of H-pyrrole nitrogens is 1. The molecule has 0 unspecified atom stereocenters. The van der Waals surface area contributed by atoms with Crippen LogP contribution >= 0.6 is 0 Å². The maximum absolute atomic E-state index is 5.71. The molecule has 0 aromatic carbocycles. The largest absolute Gasteiger partial charge is 0.396 e. The molecule has 0 amide bonds. The van der Waals surface area contributed by atoms with Gasteiger partial charge in [0.15, 0.2) is 0 Å². The minimum Gasteiger partial charge on any atom is -0.396 e. The zero-order chi connectivity index (χ0) is 9.42. The average Bonchev–Trinajstić information content (AvgIpc) is 2.60. The summed E-state index contributed by atoms with van der Waals surface area (Å²) in [4.78, 5) is 0. The van der Waals surface area contributed by atoms with E-state index in [1.807, 2.05) is 13.8 Å². The third kappa shape index (κ3) is 1.09. The van der Waals surface area contributed by atoms with Crippen molar-refractivity contribution in [2.45, 2.75) is 13.8 Å². The fourth-order valence-corrected chi connectivity index (χ4v) is 1.34. The first kappa shape index (κ1) is 7.85. The topological polar surface area (TPSA) is 80.7 Å². The third-order valence-electron chi connectivity index (χ3n) is 1.95. The summed E-state index contributed by atoms with van der Waals surface area (Å²) in [6.45, 7) is 3.71. The first-order chi connectivity index (χ1) is 6.20. The zero-order valence-corrected chi connectivity index (χ0v) is 7.46. The lowest BCUT2D eigenvalue weighted by molar-refractivity contribution is 0.393. The highest BCUT2D eigenvalue weighted by Crippen LogP contribution is 2.28. The van der Waals surface area contributed by atoms with Gasteiger partial charge in [0.2, 0.25) is 0 Å². The summed E-state index contributed by atoms with van der Waals surface area (Å²) in [5.74, 6) is 0.744. The van der Waals surface area contributed by atoms with E-state index in [0.717, 1.165) is 22.7 Å². The first-order valence-corrected chi connectivity index (χ1v) is 3.92. The minimum atomic E-state index is 0.606. The second kappa shape index (κ2) is 2.62. The van der Waals surface area contributed by atoms with Crippen molar-refractivity contribution in [3.63, 3.8) is 0 Å². The van der Waals surface area contributed by atoms with Crippen LogP contribution in [0.15, 0.2) is 10.7 Å². The molecule has 0 radical (unpaired) electrons. The lowest BCUT2D eigenvalue weighted by atomic mass is 10.1. The summed E-state index contributed by atoms with van der Waals surface area (Å²) in [7, 11) is 0. The van der Waals surface area contributed by atoms with Gasteiger partial charge in [-0.3, -0.25) is 5.10 Å². The van der Waals surface area contributed by atoms with Crippen molar-refractivity contribution in [3.8, 4) is 11.3 Å². The molecule has 5 heteroatoms. The van der Waals surface area contributed by atoms with Crippen LogP contribution in [0.4, 0.5) is 5.69 Å². The van der Waals surface area contributed by atoms with Gasteiger partial charge in [-0.05, 0) is 13.8 Å². The molecule has 0 spiro atoms. The summed E-state index contributed by atoms with van der Waals surface area (Å²) in [5.41, 5.74) is 8.80. The molecule has 0 saturated heterocycles. The Bertz CT molecular complexity index is 410. The van der Waals surface area contributed by atoms with Gasteiger partial charge in [0.25, 0.3) is 0 Å². The molecule has 0 aliphatic carbocycles. The van der Waals surface area contributed by atoms with E-state index in [0.29, 0.717) is 5.69 Å². The Hall–Kier alpha value is -1.78. The quantitative estimate of drug-likeness (QED) is 0.688. The Morgan fingerprint density at radius 1 is 1.46 bits per heavy atom. The van der Waals surface area contributed by atoms with Crippen molar-refractivity contribution in [1.82, 2.24) is 15.4 Å². The molecule has 0 aliphatic heterocycles. The summed E-state index contributed by atoms with van der Waals surface area (Å²) in [6, 6.07) is 0. The number of aromatic amines is 1. The second-order valence-corrected chi connectivity index (χ2v) is 2.90. The van der Waals surface area contributed by atoms with Crippen molar-refractivity contribution in [2.24, 2.45) is 0 Å². The summed E-state index contributed by atoms with van der Waals surface area (Å²) < 4.78 is 5.02. The van der Waals surface area contributed by atoms with E-state index in [1.54, 1.807) is 6.20 Å². The lowest BCUT2D eigenvalue weighted by Gasteiger charge is -1.96. The number of rotatable bonds is 1.